The second-order valence-corrected chi connectivity index (χ2v) is 36.3. The van der Waals surface area contributed by atoms with Crippen LogP contribution < -0.4 is 43.5 Å². The number of amides is 9. The Morgan fingerprint density at radius 2 is 0.744 bits per heavy atom. The summed E-state index contributed by atoms with van der Waals surface area (Å²) in [5.41, 5.74) is -1.27. The summed E-state index contributed by atoms with van der Waals surface area (Å²) >= 11 is 0. The Morgan fingerprint density at radius 1 is 0.448 bits per heavy atom. The number of carbonyl (C=O) groups excluding carboxylic acids is 10. The predicted octanol–water partition coefficient (Wildman–Crippen LogP) is -0.385. The van der Waals surface area contributed by atoms with Gasteiger partial charge in [-0.1, -0.05) is 102 Å². The minimum atomic E-state index is -1.78. The van der Waals surface area contributed by atoms with Crippen LogP contribution in [0.15, 0.2) is 0 Å². The number of hydrogen-bond acceptors (Lipinski definition) is 29. The fourth-order valence-corrected chi connectivity index (χ4v) is 16.1. The molecular weight excluding hydrogens is 1640 g/mol. The number of carboxylic acid groups (broad SMARTS) is 2. The second kappa shape index (κ2) is 53.2. The van der Waals surface area contributed by atoms with Crippen LogP contribution in [-0.4, -0.2) is 344 Å². The molecule has 5 heterocycles. The van der Waals surface area contributed by atoms with E-state index in [1.807, 2.05) is 13.8 Å². The van der Waals surface area contributed by atoms with E-state index in [0.717, 1.165) is 19.3 Å². The van der Waals surface area contributed by atoms with E-state index in [2.05, 4.69) is 108 Å². The van der Waals surface area contributed by atoms with Gasteiger partial charge in [-0.05, 0) is 107 Å². The molecule has 20 N–H and O–H groups in total. The number of hydrogen-bond donors (Lipinski definition) is 18. The Kier molecular flexibility index (Phi) is 50.2. The van der Waals surface area contributed by atoms with E-state index in [0.29, 0.717) is 37.0 Å². The maximum absolute atomic E-state index is 12.5. The van der Waals surface area contributed by atoms with E-state index in [1.54, 1.807) is 42.0 Å². The normalized spacial score (nSPS) is 31.9. The Bertz CT molecular complexity index is 3350. The zero-order chi connectivity index (χ0) is 97.6. The van der Waals surface area contributed by atoms with Gasteiger partial charge in [0.1, 0.15) is 48.3 Å². The Morgan fingerprint density at radius 3 is 1.04 bits per heavy atom. The third-order valence-electron chi connectivity index (χ3n) is 24.9. The molecule has 0 aromatic rings. The van der Waals surface area contributed by atoms with E-state index in [1.165, 1.54) is 84.4 Å². The molecule has 5 aliphatic heterocycles. The molecule has 5 fully saturated rings. The average Bonchev–Trinajstić information content (AvgIpc) is 0.789. The van der Waals surface area contributed by atoms with Crippen LogP contribution in [0.1, 0.15) is 210 Å². The SMILES string of the molecule is CC(=O)NC1C(O)CC(C)(C(=O)NCC(=O)N(C)C)OC1C(O)C(O)CO.CC(=O)NC1C(O)CC(C)(C(=O)O)OC1C(O)C(O)CO.CC[C@@H](C)[C@@H](C)C1OC(C)(C(=O)O)CC(C)C1NC(C)=O.CC[C@@H](C)[C@@H](C)C1OC(C)(C(=O)OC)CC(C)C1NC(C)=O.CC[C@@H](C)[C@@H](C)C1OC(C)(C(CC(=O)N(C)C)ON)CC(C)C1NC(C)=O.CN(C)C(=O)CN. The lowest BCUT2D eigenvalue weighted by Crippen LogP contribution is -2.67. The van der Waals surface area contributed by atoms with Gasteiger partial charge in [-0.25, -0.2) is 20.3 Å². The molecule has 125 heavy (non-hydrogen) atoms. The number of ether oxygens (including phenoxy) is 6. The highest BCUT2D eigenvalue weighted by Gasteiger charge is 2.57. The molecule has 0 bridgehead atoms. The standard InChI is InChI=1S/C20H39N3O4.C17H31NO4.C16H29N3O8.C16H29NO4.C12H21NO8.C4H10N2O/c1-9-12(2)14(4)19-18(22-15(5)24)13(3)11-20(6,26-19)16(27-21)10-17(25)23(7)8;1-8-10(2)12(4)15-14(18-13(5)19)11(3)9-17(6,22-15)16(20)21-7;1-8(21)18-12-9(22)5-16(2,15(26)17-6-11(24)19(3)4)27-14(12)13(25)10(23)7-20;1-7-9(2)11(4)14-13(17-12(5)18)10(3)8-16(6,21-14)15(19)20;1-5(15)13-8-6(16)3-12(2,11(19)20)21-10(8)9(18)7(17)4-14;1-6(2)4(7)3-5/h12-14,16,18-19H,9-11,21H2,1-8H3,(H,22,24);10-12,14-15H,8-9H2,1-7H3,(H,18,19);9-10,12-14,20,22-23,25H,5-7H2,1-4H3,(H,17,26)(H,18,21);9-11,13-14H,7-8H2,1-6H3,(H,17,18)(H,19,20);6-10,14,16-18H,3-4H2,1-2H3,(H,13,15)(H,19,20);3,5H2,1-2H3/t12-,13?,14-,16?,18?,19?,20?;10-,11?,12-,14?,15?,17?;;9-,10?,11-,13?,14?,16?;;/m11.1../s1. The number of aliphatic carboxylic acids is 2. The van der Waals surface area contributed by atoms with Gasteiger partial charge < -0.3 is 132 Å². The second-order valence-electron chi connectivity index (χ2n) is 36.3. The molecule has 5 saturated heterocycles. The fourth-order valence-electron chi connectivity index (χ4n) is 16.1. The number of carboxylic acids is 2. The van der Waals surface area contributed by atoms with Crippen molar-refractivity contribution in [3.63, 3.8) is 0 Å². The molecule has 40 heteroatoms. The molecular formula is C85H159N11O29. The predicted molar refractivity (Wildman–Crippen MR) is 460 cm³/mol. The third-order valence-corrected chi connectivity index (χ3v) is 24.9. The summed E-state index contributed by atoms with van der Waals surface area (Å²) in [6.45, 7) is 38.6. The molecule has 5 aliphatic rings. The number of likely N-dealkylation sites (N-methyl/N-ethyl adjacent to an activating group) is 2. The lowest BCUT2D eigenvalue weighted by Gasteiger charge is -2.51. The molecule has 0 aromatic carbocycles. The van der Waals surface area contributed by atoms with Crippen LogP contribution in [0.2, 0.25) is 0 Å². The fraction of sp³-hybridized carbons (Fsp3) is 0.859. The maximum atomic E-state index is 12.5. The summed E-state index contributed by atoms with van der Waals surface area (Å²) in [6, 6.07) is -2.52. The molecule has 0 aromatic heterocycles. The highest BCUT2D eigenvalue weighted by molar-refractivity contribution is 5.89. The van der Waals surface area contributed by atoms with E-state index < -0.39 is 138 Å². The van der Waals surface area contributed by atoms with Gasteiger partial charge in [-0.3, -0.25) is 48.0 Å². The summed E-state index contributed by atoms with van der Waals surface area (Å²) in [7, 11) is 11.2. The summed E-state index contributed by atoms with van der Waals surface area (Å²) in [5.74, 6) is 2.81. The highest BCUT2D eigenvalue weighted by Crippen LogP contribution is 2.44. The summed E-state index contributed by atoms with van der Waals surface area (Å²) in [5, 5.41) is 113. The number of carbonyl (C=O) groups is 12. The van der Waals surface area contributed by atoms with Crippen molar-refractivity contribution in [2.24, 2.45) is 64.9 Å². The van der Waals surface area contributed by atoms with E-state index in [-0.39, 0.29) is 146 Å². The monoisotopic (exact) mass is 1800 g/mol. The van der Waals surface area contributed by atoms with Crippen LogP contribution in [0.4, 0.5) is 0 Å². The first-order valence-corrected chi connectivity index (χ1v) is 43.0. The first-order chi connectivity index (χ1) is 57.5. The van der Waals surface area contributed by atoms with Crippen LogP contribution >= 0.6 is 0 Å². The van der Waals surface area contributed by atoms with Crippen molar-refractivity contribution in [2.45, 2.75) is 342 Å². The van der Waals surface area contributed by atoms with Gasteiger partial charge in [0, 0.05) is 89.7 Å². The molecule has 0 saturated carbocycles. The Hall–Kier alpha value is -7.00. The highest BCUT2D eigenvalue weighted by atomic mass is 16.6. The third kappa shape index (κ3) is 35.1. The van der Waals surface area contributed by atoms with Gasteiger partial charge in [-0.2, -0.15) is 0 Å². The number of aliphatic hydroxyl groups is 8. The summed E-state index contributed by atoms with van der Waals surface area (Å²) in [6.07, 6.45) is -8.89. The lowest BCUT2D eigenvalue weighted by atomic mass is 9.73. The quantitative estimate of drug-likeness (QED) is 0.0311. The summed E-state index contributed by atoms with van der Waals surface area (Å²) in [4.78, 5) is 149. The van der Waals surface area contributed by atoms with E-state index in [4.69, 9.17) is 60.2 Å². The first kappa shape index (κ1) is 118. The van der Waals surface area contributed by atoms with Gasteiger partial charge in [0.15, 0.2) is 16.8 Å². The minimum absolute atomic E-state index is 0.0417. The topological polar surface area (TPSA) is 606 Å². The first-order valence-electron chi connectivity index (χ1n) is 43.0. The molecule has 0 radical (unpaired) electrons. The van der Waals surface area contributed by atoms with Crippen LogP contribution in [0, 0.1) is 53.3 Å². The van der Waals surface area contributed by atoms with Crippen molar-refractivity contribution in [2.75, 3.05) is 75.7 Å². The van der Waals surface area contributed by atoms with Crippen molar-refractivity contribution >= 4 is 71.1 Å². The van der Waals surface area contributed by atoms with Gasteiger partial charge in [-0.15, -0.1) is 0 Å². The molecule has 25 unspecified atom stereocenters. The molecule has 9 amide bonds. The number of nitrogens with two attached hydrogens (primary N) is 2. The number of nitrogens with zero attached hydrogens (tertiary/aromatic N) is 3. The number of methoxy groups -OCH3 is 1. The van der Waals surface area contributed by atoms with Gasteiger partial charge in [0.25, 0.3) is 5.91 Å². The maximum Gasteiger partial charge on any atom is 0.337 e. The zero-order valence-corrected chi connectivity index (χ0v) is 79.4. The van der Waals surface area contributed by atoms with Crippen LogP contribution in [0.25, 0.3) is 0 Å². The number of nitrogens with one attached hydrogen (secondary N) is 6. The van der Waals surface area contributed by atoms with Crippen molar-refractivity contribution < 1.29 is 142 Å². The van der Waals surface area contributed by atoms with Gasteiger partial charge in [0.2, 0.25) is 47.3 Å². The summed E-state index contributed by atoms with van der Waals surface area (Å²) < 4.78 is 34.7. The minimum Gasteiger partial charge on any atom is -0.479 e. The zero-order valence-electron chi connectivity index (χ0n) is 79.4. The van der Waals surface area contributed by atoms with Crippen LogP contribution in [0.3, 0.4) is 0 Å². The number of aliphatic hydroxyl groups excluding tert-OH is 8. The molecule has 0 aliphatic carbocycles. The molecule has 728 valence electrons. The van der Waals surface area contributed by atoms with Crippen LogP contribution in [-0.2, 0) is 90.8 Å². The van der Waals surface area contributed by atoms with Crippen molar-refractivity contribution in [3.8, 4) is 0 Å². The van der Waals surface area contributed by atoms with Crippen molar-refractivity contribution in [3.05, 3.63) is 0 Å². The van der Waals surface area contributed by atoms with E-state index in [9.17, 15) is 93.3 Å². The number of rotatable bonds is 31. The molecule has 5 rings (SSSR count). The van der Waals surface area contributed by atoms with Gasteiger partial charge in [0.05, 0.1) is 106 Å². The molecule has 31 atom stereocenters. The van der Waals surface area contributed by atoms with Gasteiger partial charge >= 0.3 is 17.9 Å². The Labute approximate surface area is 738 Å². The Balaban J connectivity index is 0.00000151. The molecule has 40 nitrogen and oxygen atoms in total. The largest absolute Gasteiger partial charge is 0.479 e. The van der Waals surface area contributed by atoms with Crippen molar-refractivity contribution in [1.29, 1.82) is 0 Å². The average molecular weight is 1800 g/mol. The lowest BCUT2D eigenvalue weighted by molar-refractivity contribution is -0.224. The molecule has 0 spiro atoms. The van der Waals surface area contributed by atoms with E-state index >= 15 is 0 Å². The van der Waals surface area contributed by atoms with Crippen LogP contribution in [0.5, 0.6) is 0 Å². The smallest absolute Gasteiger partial charge is 0.337 e. The number of esters is 1. The van der Waals surface area contributed by atoms with Crippen molar-refractivity contribution in [1.82, 2.24) is 46.6 Å².